The van der Waals surface area contributed by atoms with Gasteiger partial charge in [0, 0.05) is 6.92 Å². The van der Waals surface area contributed by atoms with Gasteiger partial charge in [0.05, 0.1) is 0 Å². The monoisotopic (exact) mass is 220 g/mol. The molecule has 1 aliphatic rings. The van der Waals surface area contributed by atoms with E-state index < -0.39 is 21.6 Å². The predicted molar refractivity (Wildman–Crippen MR) is 33.5 cm³/mol. The Morgan fingerprint density at radius 3 is 1.75 bits per heavy atom. The van der Waals surface area contributed by atoms with E-state index in [9.17, 15) is 9.13 Å². The molecule has 2 atom stereocenters. The lowest BCUT2D eigenvalue weighted by Crippen LogP contribution is -2.33. The molecule has 0 saturated carbocycles. The Bertz CT molecular complexity index is 255. The predicted octanol–water partition coefficient (Wildman–Crippen LogP) is -0.0834. The molecule has 8 nitrogen and oxygen atoms in total. The van der Waals surface area contributed by atoms with Gasteiger partial charge in [-0.15, -0.1) is 0 Å². The summed E-state index contributed by atoms with van der Waals surface area (Å²) in [5.41, 5.74) is 0. The molecular formula is C2H6O8P2. The van der Waals surface area contributed by atoms with Crippen molar-refractivity contribution in [3.8, 4) is 0 Å². The zero-order chi connectivity index (χ0) is 9.62. The van der Waals surface area contributed by atoms with E-state index in [1.165, 1.54) is 0 Å². The van der Waals surface area contributed by atoms with Gasteiger partial charge in [-0.3, -0.25) is 0 Å². The molecule has 0 bridgehead atoms. The molecule has 0 spiro atoms. The normalized spacial score (nSPS) is 55.3. The van der Waals surface area contributed by atoms with E-state index in [1.54, 1.807) is 0 Å². The van der Waals surface area contributed by atoms with Gasteiger partial charge < -0.3 is 14.9 Å². The summed E-state index contributed by atoms with van der Waals surface area (Å²) in [6, 6.07) is 0. The molecule has 12 heavy (non-hydrogen) atoms. The van der Waals surface area contributed by atoms with E-state index in [0.29, 0.717) is 0 Å². The first-order chi connectivity index (χ1) is 5.12. The highest BCUT2D eigenvalue weighted by Gasteiger charge is 2.51. The van der Waals surface area contributed by atoms with Crippen molar-refractivity contribution in [1.29, 1.82) is 0 Å². The first kappa shape index (κ1) is 10.3. The molecule has 0 aliphatic carbocycles. The average Bonchev–Trinajstić information content (AvgIpc) is 1.44. The third-order valence-electron chi connectivity index (χ3n) is 0.776. The van der Waals surface area contributed by atoms with E-state index in [2.05, 4.69) is 13.4 Å². The summed E-state index contributed by atoms with van der Waals surface area (Å²) in [4.78, 5) is 17.2. The fraction of sp³-hybridized carbons (Fsp3) is 1.00. The van der Waals surface area contributed by atoms with Crippen LogP contribution in [-0.2, 0) is 22.5 Å². The lowest BCUT2D eigenvalue weighted by molar-refractivity contribution is -0.282. The van der Waals surface area contributed by atoms with Crippen molar-refractivity contribution in [2.75, 3.05) is 0 Å². The van der Waals surface area contributed by atoms with Crippen molar-refractivity contribution in [2.24, 2.45) is 0 Å². The summed E-state index contributed by atoms with van der Waals surface area (Å²) in [7, 11) is -9.44. The minimum absolute atomic E-state index is 0.779. The topological polar surface area (TPSA) is 123 Å². The largest absolute Gasteiger partial charge is 0.485 e. The van der Waals surface area contributed by atoms with Crippen LogP contribution in [0.15, 0.2) is 0 Å². The summed E-state index contributed by atoms with van der Waals surface area (Å²) in [5.74, 6) is -2.60. The van der Waals surface area contributed by atoms with Gasteiger partial charge in [0.1, 0.15) is 0 Å². The highest BCUT2D eigenvalue weighted by molar-refractivity contribution is 7.61. The van der Waals surface area contributed by atoms with Gasteiger partial charge in [-0.1, -0.05) is 0 Å². The van der Waals surface area contributed by atoms with Crippen LogP contribution in [0.4, 0.5) is 0 Å². The number of rotatable bonds is 0. The molecule has 1 saturated heterocycles. The van der Waals surface area contributed by atoms with Gasteiger partial charge >= 0.3 is 15.6 Å². The molecule has 3 N–H and O–H groups in total. The molecule has 10 heteroatoms. The Balaban J connectivity index is 2.96. The highest BCUT2D eigenvalue weighted by atomic mass is 31.3. The van der Waals surface area contributed by atoms with Crippen LogP contribution in [0.25, 0.3) is 0 Å². The Hall–Kier alpha value is 0.220. The van der Waals surface area contributed by atoms with E-state index >= 15 is 0 Å². The van der Waals surface area contributed by atoms with Crippen LogP contribution in [0.3, 0.4) is 0 Å². The fourth-order valence-corrected chi connectivity index (χ4v) is 2.91. The van der Waals surface area contributed by atoms with Crippen LogP contribution in [0.2, 0.25) is 0 Å². The van der Waals surface area contributed by atoms with Gasteiger partial charge in [0.25, 0.3) is 5.97 Å². The van der Waals surface area contributed by atoms with E-state index in [0.717, 1.165) is 6.92 Å². The SMILES string of the molecule is CC1(O)OP(=O)(O)OP(=O)(O)O1. The van der Waals surface area contributed by atoms with Crippen molar-refractivity contribution in [1.82, 2.24) is 0 Å². The molecule has 1 heterocycles. The Morgan fingerprint density at radius 1 is 1.17 bits per heavy atom. The summed E-state index contributed by atoms with van der Waals surface area (Å²) in [6.45, 7) is 0.779. The molecule has 1 aliphatic heterocycles. The Kier molecular flexibility index (Phi) is 2.23. The number of phosphoric ester groups is 2. The van der Waals surface area contributed by atoms with E-state index in [4.69, 9.17) is 14.9 Å². The van der Waals surface area contributed by atoms with Gasteiger partial charge in [-0.05, 0) is 0 Å². The first-order valence-corrected chi connectivity index (χ1v) is 5.62. The third-order valence-corrected chi connectivity index (χ3v) is 3.57. The van der Waals surface area contributed by atoms with Crippen molar-refractivity contribution < 1.29 is 37.4 Å². The Labute approximate surface area is 66.9 Å². The molecule has 0 radical (unpaired) electrons. The van der Waals surface area contributed by atoms with Crippen LogP contribution >= 0.6 is 15.6 Å². The summed E-state index contributed by atoms with van der Waals surface area (Å²) in [5, 5.41) is 8.86. The lowest BCUT2D eigenvalue weighted by atomic mass is 10.7. The second-order valence-corrected chi connectivity index (χ2v) is 4.99. The van der Waals surface area contributed by atoms with Crippen molar-refractivity contribution in [3.63, 3.8) is 0 Å². The van der Waals surface area contributed by atoms with Crippen LogP contribution in [-0.4, -0.2) is 20.9 Å². The molecule has 1 rings (SSSR count). The van der Waals surface area contributed by atoms with Crippen LogP contribution < -0.4 is 0 Å². The minimum Gasteiger partial charge on any atom is -0.343 e. The van der Waals surface area contributed by atoms with E-state index in [1.807, 2.05) is 0 Å². The van der Waals surface area contributed by atoms with Crippen LogP contribution in [0, 0.1) is 0 Å². The Morgan fingerprint density at radius 2 is 1.50 bits per heavy atom. The second-order valence-electron chi connectivity index (χ2n) is 2.10. The average molecular weight is 220 g/mol. The quantitative estimate of drug-likeness (QED) is 0.484. The summed E-state index contributed by atoms with van der Waals surface area (Å²) >= 11 is 0. The lowest BCUT2D eigenvalue weighted by Gasteiger charge is -2.31. The summed E-state index contributed by atoms with van der Waals surface area (Å²) < 4.78 is 32.6. The van der Waals surface area contributed by atoms with Gasteiger partial charge in [-0.25, -0.2) is 18.2 Å². The molecule has 0 amide bonds. The maximum absolute atomic E-state index is 10.6. The number of phosphoric acid groups is 2. The van der Waals surface area contributed by atoms with Gasteiger partial charge in [-0.2, -0.15) is 4.31 Å². The number of aliphatic hydroxyl groups is 1. The standard InChI is InChI=1S/C2H6O8P2/c1-2(3)8-11(4,5)10-12(6,7)9-2/h3H,1H3,(H,4,5)(H,6,7). The van der Waals surface area contributed by atoms with Gasteiger partial charge in [0.2, 0.25) is 0 Å². The van der Waals surface area contributed by atoms with Crippen LogP contribution in [0.5, 0.6) is 0 Å². The zero-order valence-electron chi connectivity index (χ0n) is 5.78. The fourth-order valence-electron chi connectivity index (χ4n) is 0.608. The van der Waals surface area contributed by atoms with Crippen molar-refractivity contribution >= 4 is 15.6 Å². The molecule has 0 aromatic heterocycles. The smallest absolute Gasteiger partial charge is 0.343 e. The highest BCUT2D eigenvalue weighted by Crippen LogP contribution is 2.67. The van der Waals surface area contributed by atoms with Crippen LogP contribution in [0.1, 0.15) is 6.92 Å². The maximum Gasteiger partial charge on any atom is 0.485 e. The molecule has 0 aromatic carbocycles. The number of hydrogen-bond donors (Lipinski definition) is 3. The molecule has 1 fully saturated rings. The first-order valence-electron chi connectivity index (χ1n) is 2.63. The molecule has 0 aromatic rings. The minimum atomic E-state index is -4.72. The second kappa shape index (κ2) is 2.60. The summed E-state index contributed by atoms with van der Waals surface area (Å²) in [6.07, 6.45) is 0. The molecular weight excluding hydrogens is 214 g/mol. The third kappa shape index (κ3) is 2.62. The van der Waals surface area contributed by atoms with E-state index in [-0.39, 0.29) is 0 Å². The number of hydrogen-bond acceptors (Lipinski definition) is 6. The van der Waals surface area contributed by atoms with Crippen molar-refractivity contribution in [2.45, 2.75) is 12.9 Å². The molecule has 2 unspecified atom stereocenters. The molecule has 72 valence electrons. The maximum atomic E-state index is 10.6. The van der Waals surface area contributed by atoms with Crippen molar-refractivity contribution in [3.05, 3.63) is 0 Å². The van der Waals surface area contributed by atoms with Gasteiger partial charge in [0.15, 0.2) is 0 Å². The zero-order valence-corrected chi connectivity index (χ0v) is 7.57.